The van der Waals surface area contributed by atoms with E-state index in [4.69, 9.17) is 4.74 Å². The van der Waals surface area contributed by atoms with Crippen molar-refractivity contribution in [3.63, 3.8) is 0 Å². The number of nitrogens with zero attached hydrogens (tertiary/aromatic N) is 3. The Kier molecular flexibility index (Phi) is 5.00. The van der Waals surface area contributed by atoms with Gasteiger partial charge in [0, 0.05) is 30.4 Å². The van der Waals surface area contributed by atoms with Gasteiger partial charge in [0.1, 0.15) is 18.2 Å². The fourth-order valence-electron chi connectivity index (χ4n) is 3.76. The Morgan fingerprint density at radius 2 is 2.04 bits per heavy atom. The van der Waals surface area contributed by atoms with Gasteiger partial charge in [-0.05, 0) is 43.8 Å². The molecule has 4 rings (SSSR count). The van der Waals surface area contributed by atoms with Crippen LogP contribution in [0.15, 0.2) is 40.1 Å². The van der Waals surface area contributed by atoms with Crippen LogP contribution >= 0.6 is 0 Å². The summed E-state index contributed by atoms with van der Waals surface area (Å²) in [5.74, 6) is 1.32. The van der Waals surface area contributed by atoms with Crippen molar-refractivity contribution >= 4 is 17.9 Å². The van der Waals surface area contributed by atoms with Crippen molar-refractivity contribution in [1.82, 2.24) is 9.55 Å². The maximum atomic E-state index is 13.1. The van der Waals surface area contributed by atoms with Gasteiger partial charge in [0.15, 0.2) is 0 Å². The van der Waals surface area contributed by atoms with E-state index < -0.39 is 11.7 Å². The lowest BCUT2D eigenvalue weighted by Gasteiger charge is -2.18. The van der Waals surface area contributed by atoms with Gasteiger partial charge in [0.2, 0.25) is 0 Å². The van der Waals surface area contributed by atoms with E-state index in [0.717, 1.165) is 29.7 Å². The summed E-state index contributed by atoms with van der Waals surface area (Å²) in [6.07, 6.45) is 7.95. The van der Waals surface area contributed by atoms with Crippen LogP contribution in [0.4, 0.5) is 13.2 Å². The molecule has 2 heterocycles. The van der Waals surface area contributed by atoms with E-state index in [1.807, 2.05) is 11.6 Å². The van der Waals surface area contributed by atoms with Crippen LogP contribution in [0.2, 0.25) is 0 Å². The summed E-state index contributed by atoms with van der Waals surface area (Å²) >= 11 is 0. The van der Waals surface area contributed by atoms with Crippen molar-refractivity contribution < 1.29 is 17.9 Å². The van der Waals surface area contributed by atoms with Crippen molar-refractivity contribution in [2.24, 2.45) is 12.0 Å². The topological polar surface area (TPSA) is 39.4 Å². The summed E-state index contributed by atoms with van der Waals surface area (Å²) in [6.45, 7) is 1.07. The van der Waals surface area contributed by atoms with E-state index >= 15 is 0 Å². The quantitative estimate of drug-likeness (QED) is 0.743. The molecule has 0 aromatic carbocycles. The van der Waals surface area contributed by atoms with Crippen LogP contribution in [0.5, 0.6) is 0 Å². The second-order valence-corrected chi connectivity index (χ2v) is 7.17. The molecule has 1 aliphatic heterocycles. The smallest absolute Gasteiger partial charge is 0.412 e. The number of fused-ring (bicyclic) bond motifs is 1. The maximum Gasteiger partial charge on any atom is 0.412 e. The molecule has 0 atom stereocenters. The first-order valence-electron chi connectivity index (χ1n) is 9.48. The lowest BCUT2D eigenvalue weighted by atomic mass is 10.00. The van der Waals surface area contributed by atoms with Crippen LogP contribution in [0, 0.1) is 0 Å². The van der Waals surface area contributed by atoms with Crippen LogP contribution in [-0.4, -0.2) is 35.1 Å². The number of imidazole rings is 1. The largest absolute Gasteiger partial charge is 0.487 e. The molecule has 1 aromatic heterocycles. The summed E-state index contributed by atoms with van der Waals surface area (Å²) in [7, 11) is 1.86. The van der Waals surface area contributed by atoms with Crippen LogP contribution < -0.4 is 0 Å². The molecule has 0 radical (unpaired) electrons. The monoisotopic (exact) mass is 389 g/mol. The predicted molar refractivity (Wildman–Crippen MR) is 103 cm³/mol. The zero-order valence-corrected chi connectivity index (χ0v) is 15.7. The van der Waals surface area contributed by atoms with Gasteiger partial charge < -0.3 is 9.30 Å². The molecular formula is C21H22F3N3O. The Morgan fingerprint density at radius 1 is 1.18 bits per heavy atom. The Labute approximate surface area is 161 Å². The Bertz CT molecular complexity index is 929. The molecule has 0 amide bonds. The number of halogens is 3. The van der Waals surface area contributed by atoms with Crippen LogP contribution in [0.3, 0.4) is 0 Å². The van der Waals surface area contributed by atoms with Gasteiger partial charge in [0.05, 0.1) is 11.9 Å². The lowest BCUT2D eigenvalue weighted by Crippen LogP contribution is -2.16. The molecule has 3 aliphatic rings. The SMILES string of the molecule is Cn1c(C2=C(OCC3=CCCC=C3)C=NCC2)nc2c1CCC(C(F)(F)F)=C2. The molecule has 148 valence electrons. The molecule has 0 spiro atoms. The number of hydrogen-bond donors (Lipinski definition) is 0. The standard InChI is InChI=1S/C21H22F3N3O/c1-27-18-8-7-15(21(22,23)24)11-17(18)26-20(27)16-9-10-25-12-19(16)28-13-14-5-3-2-4-6-14/h3,5-6,11-12H,2,4,7-10,13H2,1H3. The minimum absolute atomic E-state index is 0.0141. The number of aromatic nitrogens is 2. The van der Waals surface area contributed by atoms with Gasteiger partial charge in [-0.3, -0.25) is 4.99 Å². The van der Waals surface area contributed by atoms with Crippen molar-refractivity contribution in [3.8, 4) is 0 Å². The van der Waals surface area contributed by atoms with Crippen LogP contribution in [-0.2, 0) is 18.2 Å². The van der Waals surface area contributed by atoms with Gasteiger partial charge in [-0.15, -0.1) is 0 Å². The first-order chi connectivity index (χ1) is 13.4. The third kappa shape index (κ3) is 3.70. The Balaban J connectivity index is 1.65. The Morgan fingerprint density at radius 3 is 2.79 bits per heavy atom. The fourth-order valence-corrected chi connectivity index (χ4v) is 3.76. The number of aliphatic imine (C=N–C) groups is 1. The van der Waals surface area contributed by atoms with E-state index in [2.05, 4.69) is 28.2 Å². The van der Waals surface area contributed by atoms with E-state index in [9.17, 15) is 13.2 Å². The van der Waals surface area contributed by atoms with Gasteiger partial charge in [-0.2, -0.15) is 13.2 Å². The van der Waals surface area contributed by atoms with Crippen molar-refractivity contribution in [2.75, 3.05) is 13.2 Å². The van der Waals surface area contributed by atoms with E-state index in [1.54, 1.807) is 6.21 Å². The highest BCUT2D eigenvalue weighted by Crippen LogP contribution is 2.36. The van der Waals surface area contributed by atoms with Crippen LogP contribution in [0.1, 0.15) is 42.9 Å². The van der Waals surface area contributed by atoms with E-state index in [-0.39, 0.29) is 6.42 Å². The molecule has 0 bridgehead atoms. The van der Waals surface area contributed by atoms with Gasteiger partial charge in [0.25, 0.3) is 0 Å². The molecule has 2 aliphatic carbocycles. The average Bonchev–Trinajstić information content (AvgIpc) is 3.03. The number of alkyl halides is 3. The summed E-state index contributed by atoms with van der Waals surface area (Å²) < 4.78 is 47.1. The molecule has 0 saturated carbocycles. The highest BCUT2D eigenvalue weighted by Gasteiger charge is 2.36. The second-order valence-electron chi connectivity index (χ2n) is 7.17. The van der Waals surface area contributed by atoms with Gasteiger partial charge >= 0.3 is 6.18 Å². The highest BCUT2D eigenvalue weighted by atomic mass is 19.4. The molecule has 1 aromatic rings. The number of dihydropyridines is 1. The van der Waals surface area contributed by atoms with Gasteiger partial charge in [-0.25, -0.2) is 4.98 Å². The molecule has 0 saturated heterocycles. The third-order valence-corrected chi connectivity index (χ3v) is 5.28. The Hall–Kier alpha value is -2.57. The summed E-state index contributed by atoms with van der Waals surface area (Å²) in [5, 5.41) is 0. The van der Waals surface area contributed by atoms with Crippen molar-refractivity contribution in [3.05, 3.63) is 52.3 Å². The lowest BCUT2D eigenvalue weighted by molar-refractivity contribution is -0.0931. The molecule has 0 fully saturated rings. The fraction of sp³-hybridized carbons (Fsp3) is 0.429. The normalized spacial score (nSPS) is 19.4. The summed E-state index contributed by atoms with van der Waals surface area (Å²) in [6, 6.07) is 0. The first-order valence-corrected chi connectivity index (χ1v) is 9.48. The molecule has 0 N–H and O–H groups in total. The van der Waals surface area contributed by atoms with Crippen molar-refractivity contribution in [2.45, 2.75) is 38.3 Å². The minimum Gasteiger partial charge on any atom is -0.487 e. The molecule has 4 nitrogen and oxygen atoms in total. The maximum absolute atomic E-state index is 13.1. The van der Waals surface area contributed by atoms with E-state index in [1.165, 1.54) is 6.08 Å². The summed E-state index contributed by atoms with van der Waals surface area (Å²) in [5.41, 5.74) is 2.73. The number of hydrogen-bond acceptors (Lipinski definition) is 3. The minimum atomic E-state index is -4.30. The molecular weight excluding hydrogens is 367 g/mol. The predicted octanol–water partition coefficient (Wildman–Crippen LogP) is 4.79. The van der Waals surface area contributed by atoms with Crippen molar-refractivity contribution in [1.29, 1.82) is 0 Å². The first kappa shape index (κ1) is 18.8. The number of rotatable bonds is 4. The molecule has 7 heteroatoms. The summed E-state index contributed by atoms with van der Waals surface area (Å²) in [4.78, 5) is 8.85. The zero-order chi connectivity index (χ0) is 19.7. The van der Waals surface area contributed by atoms with E-state index in [0.29, 0.717) is 43.3 Å². The number of ether oxygens (including phenoxy) is 1. The molecule has 28 heavy (non-hydrogen) atoms. The van der Waals surface area contributed by atoms with Gasteiger partial charge in [-0.1, -0.05) is 18.2 Å². The number of allylic oxidation sites excluding steroid dienone is 4. The highest BCUT2D eigenvalue weighted by molar-refractivity contribution is 5.89. The third-order valence-electron chi connectivity index (χ3n) is 5.28. The zero-order valence-electron chi connectivity index (χ0n) is 15.7. The second kappa shape index (κ2) is 7.45. The molecule has 0 unspecified atom stereocenters. The van der Waals surface area contributed by atoms with Crippen LogP contribution in [0.25, 0.3) is 11.6 Å². The average molecular weight is 389 g/mol.